The molecule has 96 valence electrons. The first-order valence-corrected chi connectivity index (χ1v) is 6.00. The standard InChI is InChI=1S/C10H11ClFN5O/c11-9-13-4-7(12)8(15-9)16-1-2-17-6(5-16)3-14-10(17)18/h4,6H,1-3,5H2,(H,14,18). The predicted molar refractivity (Wildman–Crippen MR) is 63.1 cm³/mol. The van der Waals surface area contributed by atoms with Crippen molar-refractivity contribution < 1.29 is 9.18 Å². The molecule has 2 amide bonds. The highest BCUT2D eigenvalue weighted by Gasteiger charge is 2.36. The van der Waals surface area contributed by atoms with Gasteiger partial charge in [-0.3, -0.25) is 0 Å². The molecule has 2 aliphatic heterocycles. The van der Waals surface area contributed by atoms with Gasteiger partial charge >= 0.3 is 6.03 Å². The smallest absolute Gasteiger partial charge is 0.317 e. The summed E-state index contributed by atoms with van der Waals surface area (Å²) in [6.07, 6.45) is 1.06. The average molecular weight is 272 g/mol. The van der Waals surface area contributed by atoms with Crippen LogP contribution in [0, 0.1) is 5.82 Å². The van der Waals surface area contributed by atoms with E-state index in [1.807, 2.05) is 0 Å². The summed E-state index contributed by atoms with van der Waals surface area (Å²) in [5, 5.41) is 2.79. The maximum Gasteiger partial charge on any atom is 0.317 e. The number of carbonyl (C=O) groups excluding carboxylic acids is 1. The fourth-order valence-corrected chi connectivity index (χ4v) is 2.48. The monoisotopic (exact) mass is 271 g/mol. The second kappa shape index (κ2) is 4.24. The fraction of sp³-hybridized carbons (Fsp3) is 0.500. The minimum absolute atomic E-state index is 0.0226. The Balaban J connectivity index is 1.82. The Kier molecular flexibility index (Phi) is 2.70. The van der Waals surface area contributed by atoms with Gasteiger partial charge < -0.3 is 15.1 Å². The molecule has 8 heteroatoms. The van der Waals surface area contributed by atoms with Crippen molar-refractivity contribution in [3.8, 4) is 0 Å². The van der Waals surface area contributed by atoms with Crippen LogP contribution in [0.2, 0.25) is 5.28 Å². The van der Waals surface area contributed by atoms with E-state index in [0.717, 1.165) is 6.20 Å². The summed E-state index contributed by atoms with van der Waals surface area (Å²) in [5.41, 5.74) is 0. The van der Waals surface area contributed by atoms with Crippen molar-refractivity contribution in [2.24, 2.45) is 0 Å². The van der Waals surface area contributed by atoms with E-state index in [-0.39, 0.29) is 23.2 Å². The van der Waals surface area contributed by atoms with Crippen LogP contribution in [-0.2, 0) is 0 Å². The third-order valence-corrected chi connectivity index (χ3v) is 3.41. The molecule has 1 atom stereocenters. The van der Waals surface area contributed by atoms with Crippen molar-refractivity contribution in [2.45, 2.75) is 6.04 Å². The molecular formula is C10H11ClFN5O. The first-order valence-electron chi connectivity index (χ1n) is 5.62. The highest BCUT2D eigenvalue weighted by atomic mass is 35.5. The molecule has 0 aliphatic carbocycles. The van der Waals surface area contributed by atoms with Crippen molar-refractivity contribution in [2.75, 3.05) is 31.1 Å². The van der Waals surface area contributed by atoms with E-state index >= 15 is 0 Å². The van der Waals surface area contributed by atoms with Crippen LogP contribution in [0.25, 0.3) is 0 Å². The van der Waals surface area contributed by atoms with E-state index in [4.69, 9.17) is 11.6 Å². The first-order chi connectivity index (χ1) is 8.65. The fourth-order valence-electron chi connectivity index (χ4n) is 2.36. The Hall–Kier alpha value is -1.63. The summed E-state index contributed by atoms with van der Waals surface area (Å²) in [6, 6.07) is 0.000215. The number of halogens is 2. The van der Waals surface area contributed by atoms with Gasteiger partial charge in [-0.15, -0.1) is 0 Å². The molecule has 2 fully saturated rings. The van der Waals surface area contributed by atoms with E-state index in [2.05, 4.69) is 15.3 Å². The SMILES string of the molecule is O=C1NCC2CN(c3nc(Cl)ncc3F)CCN12. The largest absolute Gasteiger partial charge is 0.350 e. The molecule has 1 unspecified atom stereocenters. The summed E-state index contributed by atoms with van der Waals surface area (Å²) < 4.78 is 13.7. The van der Waals surface area contributed by atoms with Gasteiger partial charge in [0.05, 0.1) is 12.2 Å². The quantitative estimate of drug-likeness (QED) is 0.755. The van der Waals surface area contributed by atoms with Crippen molar-refractivity contribution in [1.29, 1.82) is 0 Å². The minimum Gasteiger partial charge on any atom is -0.350 e. The van der Waals surface area contributed by atoms with Gasteiger partial charge in [-0.2, -0.15) is 4.98 Å². The molecule has 0 saturated carbocycles. The van der Waals surface area contributed by atoms with Crippen LogP contribution in [0.3, 0.4) is 0 Å². The molecule has 3 heterocycles. The molecule has 0 spiro atoms. The van der Waals surface area contributed by atoms with Gasteiger partial charge in [-0.25, -0.2) is 14.2 Å². The van der Waals surface area contributed by atoms with Gasteiger partial charge in [0.2, 0.25) is 5.28 Å². The lowest BCUT2D eigenvalue weighted by atomic mass is 10.2. The number of nitrogens with zero attached hydrogens (tertiary/aromatic N) is 4. The van der Waals surface area contributed by atoms with Gasteiger partial charge in [0, 0.05) is 26.2 Å². The number of nitrogens with one attached hydrogen (secondary N) is 1. The van der Waals surface area contributed by atoms with Gasteiger partial charge in [0.1, 0.15) is 0 Å². The van der Waals surface area contributed by atoms with Crippen molar-refractivity contribution in [1.82, 2.24) is 20.2 Å². The number of hydrogen-bond acceptors (Lipinski definition) is 4. The average Bonchev–Trinajstić information content (AvgIpc) is 2.74. The number of aromatic nitrogens is 2. The van der Waals surface area contributed by atoms with Crippen LogP contribution < -0.4 is 10.2 Å². The Morgan fingerprint density at radius 2 is 2.33 bits per heavy atom. The molecule has 18 heavy (non-hydrogen) atoms. The normalized spacial score (nSPS) is 23.0. The molecule has 1 aromatic rings. The molecule has 0 aromatic carbocycles. The Morgan fingerprint density at radius 3 is 3.17 bits per heavy atom. The lowest BCUT2D eigenvalue weighted by Crippen LogP contribution is -2.52. The molecule has 1 N–H and O–H groups in total. The summed E-state index contributed by atoms with van der Waals surface area (Å²) in [4.78, 5) is 22.5. The molecule has 0 bridgehead atoms. The number of rotatable bonds is 1. The molecule has 6 nitrogen and oxygen atoms in total. The number of hydrogen-bond donors (Lipinski definition) is 1. The number of amides is 2. The minimum atomic E-state index is -0.495. The molecule has 2 saturated heterocycles. The summed E-state index contributed by atoms with van der Waals surface area (Å²) in [7, 11) is 0. The van der Waals surface area contributed by atoms with Crippen molar-refractivity contribution >= 4 is 23.4 Å². The van der Waals surface area contributed by atoms with E-state index in [9.17, 15) is 9.18 Å². The molecule has 0 radical (unpaired) electrons. The summed E-state index contributed by atoms with van der Waals surface area (Å²) in [6.45, 7) is 2.21. The van der Waals surface area contributed by atoms with Gasteiger partial charge in [0.25, 0.3) is 0 Å². The predicted octanol–water partition coefficient (Wildman–Crippen LogP) is 0.483. The van der Waals surface area contributed by atoms with Gasteiger partial charge in [-0.05, 0) is 11.6 Å². The maximum absolute atomic E-state index is 13.7. The molecular weight excluding hydrogens is 261 g/mol. The van der Waals surface area contributed by atoms with E-state index in [1.54, 1.807) is 9.80 Å². The van der Waals surface area contributed by atoms with Crippen molar-refractivity contribution in [3.63, 3.8) is 0 Å². The second-order valence-corrected chi connectivity index (χ2v) is 4.63. The zero-order valence-electron chi connectivity index (χ0n) is 9.44. The highest BCUT2D eigenvalue weighted by molar-refractivity contribution is 6.28. The Bertz CT molecular complexity index is 499. The van der Waals surface area contributed by atoms with Crippen molar-refractivity contribution in [3.05, 3.63) is 17.3 Å². The van der Waals surface area contributed by atoms with E-state index < -0.39 is 5.82 Å². The van der Waals surface area contributed by atoms with Gasteiger partial charge in [-0.1, -0.05) is 0 Å². The third-order valence-electron chi connectivity index (χ3n) is 3.23. The number of anilines is 1. The molecule has 3 rings (SSSR count). The Labute approximate surface area is 108 Å². The van der Waals surface area contributed by atoms with Crippen LogP contribution >= 0.6 is 11.6 Å². The second-order valence-electron chi connectivity index (χ2n) is 4.29. The lowest BCUT2D eigenvalue weighted by Gasteiger charge is -2.37. The third kappa shape index (κ3) is 1.84. The number of urea groups is 1. The van der Waals surface area contributed by atoms with Crippen LogP contribution in [0.15, 0.2) is 6.20 Å². The van der Waals surface area contributed by atoms with Gasteiger partial charge in [0.15, 0.2) is 11.6 Å². The zero-order chi connectivity index (χ0) is 12.7. The zero-order valence-corrected chi connectivity index (χ0v) is 10.2. The van der Waals surface area contributed by atoms with E-state index in [0.29, 0.717) is 26.2 Å². The van der Waals surface area contributed by atoms with Crippen LogP contribution in [0.5, 0.6) is 0 Å². The lowest BCUT2D eigenvalue weighted by molar-refractivity contribution is 0.197. The maximum atomic E-state index is 13.7. The number of fused-ring (bicyclic) bond motifs is 1. The number of piperazine rings is 1. The topological polar surface area (TPSA) is 61.4 Å². The molecule has 1 aromatic heterocycles. The first kappa shape index (κ1) is 11.5. The summed E-state index contributed by atoms with van der Waals surface area (Å²) in [5.74, 6) is -0.292. The highest BCUT2D eigenvalue weighted by Crippen LogP contribution is 2.22. The van der Waals surface area contributed by atoms with Crippen LogP contribution in [-0.4, -0.2) is 53.1 Å². The van der Waals surface area contributed by atoms with E-state index in [1.165, 1.54) is 0 Å². The van der Waals surface area contributed by atoms with Crippen LogP contribution in [0.1, 0.15) is 0 Å². The van der Waals surface area contributed by atoms with Crippen LogP contribution in [0.4, 0.5) is 15.0 Å². The number of carbonyl (C=O) groups is 1. The summed E-state index contributed by atoms with van der Waals surface area (Å²) >= 11 is 5.68. The molecule has 2 aliphatic rings. The Morgan fingerprint density at radius 1 is 1.50 bits per heavy atom.